The Labute approximate surface area is 95.9 Å². The lowest BCUT2D eigenvalue weighted by Gasteiger charge is -2.15. The summed E-state index contributed by atoms with van der Waals surface area (Å²) in [5, 5.41) is 12.5. The summed E-state index contributed by atoms with van der Waals surface area (Å²) in [5.41, 5.74) is 0.0208. The van der Waals surface area contributed by atoms with Crippen LogP contribution < -0.4 is 10.9 Å². The number of aliphatic hydroxyl groups is 1. The molecule has 0 fully saturated rings. The number of aromatic nitrogens is 1. The van der Waals surface area contributed by atoms with Gasteiger partial charge in [-0.1, -0.05) is 6.07 Å². The number of hydrogen-bond acceptors (Lipinski definition) is 3. The molecule has 0 radical (unpaired) electrons. The molecule has 1 rings (SSSR count). The first-order valence-corrected chi connectivity index (χ1v) is 5.66. The summed E-state index contributed by atoms with van der Waals surface area (Å²) in [6, 6.07) is 5.40. The second kappa shape index (κ2) is 6.45. The summed E-state index contributed by atoms with van der Waals surface area (Å²) < 4.78 is 1.67. The van der Waals surface area contributed by atoms with Crippen LogP contribution in [0.5, 0.6) is 0 Å². The van der Waals surface area contributed by atoms with Crippen molar-refractivity contribution in [2.75, 3.05) is 6.54 Å². The minimum absolute atomic E-state index is 0.0208. The van der Waals surface area contributed by atoms with Crippen LogP contribution in [-0.2, 0) is 6.54 Å². The van der Waals surface area contributed by atoms with E-state index in [1.165, 1.54) is 0 Å². The van der Waals surface area contributed by atoms with E-state index in [0.29, 0.717) is 6.54 Å². The quantitative estimate of drug-likeness (QED) is 0.744. The van der Waals surface area contributed by atoms with E-state index in [-0.39, 0.29) is 17.7 Å². The Kier molecular flexibility index (Phi) is 5.22. The van der Waals surface area contributed by atoms with E-state index < -0.39 is 0 Å². The summed E-state index contributed by atoms with van der Waals surface area (Å²) in [7, 11) is 0. The molecule has 0 aliphatic rings. The van der Waals surface area contributed by atoms with Gasteiger partial charge in [-0.25, -0.2) is 0 Å². The van der Waals surface area contributed by atoms with Crippen molar-refractivity contribution in [2.24, 2.45) is 0 Å². The maximum absolute atomic E-state index is 11.4. The van der Waals surface area contributed by atoms with Crippen molar-refractivity contribution in [2.45, 2.75) is 39.0 Å². The van der Waals surface area contributed by atoms with Crippen molar-refractivity contribution in [3.63, 3.8) is 0 Å². The molecule has 4 nitrogen and oxygen atoms in total. The van der Waals surface area contributed by atoms with Crippen LogP contribution in [0.15, 0.2) is 29.2 Å². The number of nitrogens with one attached hydrogen (secondary N) is 1. The molecule has 0 bridgehead atoms. The Morgan fingerprint density at radius 1 is 1.44 bits per heavy atom. The molecule has 1 aromatic heterocycles. The molecule has 0 saturated heterocycles. The lowest BCUT2D eigenvalue weighted by atomic mass is 10.1. The van der Waals surface area contributed by atoms with E-state index in [9.17, 15) is 9.90 Å². The Balaban J connectivity index is 2.31. The van der Waals surface area contributed by atoms with Gasteiger partial charge in [0, 0.05) is 31.4 Å². The normalized spacial score (nSPS) is 14.7. The second-order valence-corrected chi connectivity index (χ2v) is 4.17. The molecule has 0 aliphatic carbocycles. The lowest BCUT2D eigenvalue weighted by molar-refractivity contribution is 0.170. The summed E-state index contributed by atoms with van der Waals surface area (Å²) in [6.07, 6.45) is 2.22. The van der Waals surface area contributed by atoms with Gasteiger partial charge in [-0.15, -0.1) is 0 Å². The number of nitrogens with zero attached hydrogens (tertiary/aromatic N) is 1. The molecule has 2 N–H and O–H groups in total. The molecule has 1 aromatic rings. The van der Waals surface area contributed by atoms with Crippen LogP contribution in [0.3, 0.4) is 0 Å². The highest BCUT2D eigenvalue weighted by Crippen LogP contribution is 1.95. The second-order valence-electron chi connectivity index (χ2n) is 4.17. The molecule has 0 amide bonds. The molecule has 16 heavy (non-hydrogen) atoms. The third-order valence-electron chi connectivity index (χ3n) is 2.44. The van der Waals surface area contributed by atoms with Crippen molar-refractivity contribution < 1.29 is 5.11 Å². The van der Waals surface area contributed by atoms with Gasteiger partial charge in [-0.2, -0.15) is 0 Å². The first-order valence-electron chi connectivity index (χ1n) is 5.66. The summed E-state index contributed by atoms with van der Waals surface area (Å²) in [5.74, 6) is 0. The monoisotopic (exact) mass is 224 g/mol. The van der Waals surface area contributed by atoms with Gasteiger partial charge in [0.25, 0.3) is 5.56 Å². The third kappa shape index (κ3) is 4.59. The molecule has 1 heterocycles. The highest BCUT2D eigenvalue weighted by atomic mass is 16.3. The summed E-state index contributed by atoms with van der Waals surface area (Å²) in [6.45, 7) is 5.20. The molecule has 90 valence electrons. The van der Waals surface area contributed by atoms with Crippen LogP contribution in [0.4, 0.5) is 0 Å². The standard InChI is InChI=1S/C12H20N2O2/c1-10(9-11(2)15)13-6-8-14-7-4-3-5-12(14)16/h3-5,7,10-11,13,15H,6,8-9H2,1-2H3. The largest absolute Gasteiger partial charge is 0.393 e. The lowest BCUT2D eigenvalue weighted by Crippen LogP contribution is -2.33. The van der Waals surface area contributed by atoms with E-state index in [0.717, 1.165) is 13.0 Å². The van der Waals surface area contributed by atoms with Crippen LogP contribution in [0.2, 0.25) is 0 Å². The van der Waals surface area contributed by atoms with Crippen molar-refractivity contribution >= 4 is 0 Å². The fourth-order valence-electron chi connectivity index (χ4n) is 1.67. The Hall–Kier alpha value is -1.13. The topological polar surface area (TPSA) is 54.3 Å². The Morgan fingerprint density at radius 3 is 2.81 bits per heavy atom. The van der Waals surface area contributed by atoms with Gasteiger partial charge in [0.1, 0.15) is 0 Å². The fraction of sp³-hybridized carbons (Fsp3) is 0.583. The molecule has 4 heteroatoms. The molecule has 0 saturated carbocycles. The van der Waals surface area contributed by atoms with Crippen molar-refractivity contribution in [1.29, 1.82) is 0 Å². The molecular formula is C12H20N2O2. The van der Waals surface area contributed by atoms with E-state index in [1.54, 1.807) is 29.8 Å². The van der Waals surface area contributed by atoms with Gasteiger partial charge in [0.05, 0.1) is 6.10 Å². The van der Waals surface area contributed by atoms with Crippen molar-refractivity contribution in [3.05, 3.63) is 34.7 Å². The number of rotatable bonds is 6. The maximum Gasteiger partial charge on any atom is 0.250 e. The van der Waals surface area contributed by atoms with Crippen LogP contribution >= 0.6 is 0 Å². The molecule has 0 spiro atoms. The minimum Gasteiger partial charge on any atom is -0.393 e. The van der Waals surface area contributed by atoms with Crippen LogP contribution in [0.25, 0.3) is 0 Å². The van der Waals surface area contributed by atoms with Gasteiger partial charge < -0.3 is 15.0 Å². The Bertz CT molecular complexity index is 360. The molecule has 0 aromatic carbocycles. The van der Waals surface area contributed by atoms with E-state index in [2.05, 4.69) is 5.32 Å². The zero-order valence-corrected chi connectivity index (χ0v) is 9.89. The zero-order chi connectivity index (χ0) is 12.0. The van der Waals surface area contributed by atoms with E-state index >= 15 is 0 Å². The summed E-state index contributed by atoms with van der Waals surface area (Å²) >= 11 is 0. The molecule has 2 unspecified atom stereocenters. The third-order valence-corrected chi connectivity index (χ3v) is 2.44. The smallest absolute Gasteiger partial charge is 0.250 e. The van der Waals surface area contributed by atoms with Crippen LogP contribution in [0, 0.1) is 0 Å². The van der Waals surface area contributed by atoms with E-state index in [4.69, 9.17) is 0 Å². The van der Waals surface area contributed by atoms with Gasteiger partial charge in [-0.3, -0.25) is 4.79 Å². The predicted octanol–water partition coefficient (Wildman–Crippen LogP) is 0.597. The first kappa shape index (κ1) is 12.9. The predicted molar refractivity (Wildman–Crippen MR) is 64.5 cm³/mol. The van der Waals surface area contributed by atoms with Gasteiger partial charge >= 0.3 is 0 Å². The minimum atomic E-state index is -0.290. The average Bonchev–Trinajstić information content (AvgIpc) is 2.19. The van der Waals surface area contributed by atoms with Gasteiger partial charge in [0.15, 0.2) is 0 Å². The highest BCUT2D eigenvalue weighted by Gasteiger charge is 2.04. The maximum atomic E-state index is 11.4. The average molecular weight is 224 g/mol. The zero-order valence-electron chi connectivity index (χ0n) is 9.89. The number of pyridine rings is 1. The van der Waals surface area contributed by atoms with Crippen LogP contribution in [-0.4, -0.2) is 28.4 Å². The van der Waals surface area contributed by atoms with Crippen molar-refractivity contribution in [1.82, 2.24) is 9.88 Å². The SMILES string of the molecule is CC(O)CC(C)NCCn1ccccc1=O. The van der Waals surface area contributed by atoms with E-state index in [1.807, 2.05) is 13.0 Å². The molecule has 2 atom stereocenters. The fourth-order valence-corrected chi connectivity index (χ4v) is 1.67. The highest BCUT2D eigenvalue weighted by molar-refractivity contribution is 4.93. The summed E-state index contributed by atoms with van der Waals surface area (Å²) in [4.78, 5) is 11.4. The number of aliphatic hydroxyl groups excluding tert-OH is 1. The van der Waals surface area contributed by atoms with Gasteiger partial charge in [-0.05, 0) is 26.3 Å². The molecule has 0 aliphatic heterocycles. The molecular weight excluding hydrogens is 204 g/mol. The van der Waals surface area contributed by atoms with Crippen molar-refractivity contribution in [3.8, 4) is 0 Å². The first-order chi connectivity index (χ1) is 7.59. The Morgan fingerprint density at radius 2 is 2.19 bits per heavy atom. The van der Waals surface area contributed by atoms with Crippen LogP contribution in [0.1, 0.15) is 20.3 Å². The number of hydrogen-bond donors (Lipinski definition) is 2. The van der Waals surface area contributed by atoms with Gasteiger partial charge in [0.2, 0.25) is 0 Å².